The molecule has 1 aliphatic rings. The van der Waals surface area contributed by atoms with Crippen LogP contribution in [0.3, 0.4) is 0 Å². The molecule has 1 aromatic heterocycles. The van der Waals surface area contributed by atoms with Crippen LogP contribution in [0.25, 0.3) is 11.3 Å². The molecular formula is C25H26ClN5O3. The van der Waals surface area contributed by atoms with Crippen LogP contribution >= 0.6 is 11.6 Å². The minimum absolute atomic E-state index is 0.107. The molecule has 9 heteroatoms. The number of fused-ring (bicyclic) bond motifs is 1. The molecule has 0 fully saturated rings. The van der Waals surface area contributed by atoms with E-state index in [1.54, 1.807) is 6.07 Å². The minimum atomic E-state index is -0.537. The lowest BCUT2D eigenvalue weighted by Crippen LogP contribution is -2.40. The first-order chi connectivity index (χ1) is 16.4. The van der Waals surface area contributed by atoms with E-state index in [2.05, 4.69) is 20.6 Å². The Morgan fingerprint density at radius 3 is 2.82 bits per heavy atom. The Labute approximate surface area is 203 Å². The average molecular weight is 480 g/mol. The molecule has 0 aliphatic carbocycles. The van der Waals surface area contributed by atoms with Crippen LogP contribution in [0.2, 0.25) is 5.02 Å². The Morgan fingerprint density at radius 1 is 1.26 bits per heavy atom. The number of aliphatic hydroxyl groups is 1. The monoisotopic (exact) mass is 479 g/mol. The maximum atomic E-state index is 13.1. The predicted octanol–water partition coefficient (Wildman–Crippen LogP) is 3.34. The van der Waals surface area contributed by atoms with E-state index in [4.69, 9.17) is 11.6 Å². The van der Waals surface area contributed by atoms with E-state index in [1.165, 1.54) is 11.1 Å². The lowest BCUT2D eigenvalue weighted by Gasteiger charge is -2.20. The number of anilines is 1. The van der Waals surface area contributed by atoms with Crippen molar-refractivity contribution in [3.63, 3.8) is 0 Å². The molecule has 2 amide bonds. The van der Waals surface area contributed by atoms with Crippen molar-refractivity contribution < 1.29 is 14.7 Å². The van der Waals surface area contributed by atoms with Crippen molar-refractivity contribution in [1.29, 1.82) is 0 Å². The third kappa shape index (κ3) is 5.03. The van der Waals surface area contributed by atoms with Crippen molar-refractivity contribution in [2.24, 2.45) is 0 Å². The quantitative estimate of drug-likeness (QED) is 0.457. The number of hydrogen-bond donors (Lipinski definition) is 3. The molecule has 0 saturated heterocycles. The molecule has 0 spiro atoms. The normalized spacial score (nSPS) is 13.5. The van der Waals surface area contributed by atoms with E-state index < -0.39 is 6.04 Å². The number of nitrogens with zero attached hydrogens (tertiary/aromatic N) is 3. The molecule has 3 aromatic rings. The molecule has 176 valence electrons. The maximum Gasteiger partial charge on any atom is 0.254 e. The van der Waals surface area contributed by atoms with Gasteiger partial charge in [-0.2, -0.15) is 0 Å². The van der Waals surface area contributed by atoms with Gasteiger partial charge in [-0.1, -0.05) is 53.6 Å². The van der Waals surface area contributed by atoms with Gasteiger partial charge < -0.3 is 20.6 Å². The van der Waals surface area contributed by atoms with E-state index >= 15 is 0 Å². The summed E-state index contributed by atoms with van der Waals surface area (Å²) in [6, 6.07) is 12.5. The van der Waals surface area contributed by atoms with Gasteiger partial charge in [0.15, 0.2) is 0 Å². The van der Waals surface area contributed by atoms with Crippen molar-refractivity contribution >= 4 is 29.4 Å². The molecule has 2 aromatic carbocycles. The fourth-order valence-electron chi connectivity index (χ4n) is 3.98. The van der Waals surface area contributed by atoms with E-state index in [0.717, 1.165) is 16.7 Å². The number of aromatic nitrogens is 2. The number of carbonyl (C=O) groups excluding carboxylic acids is 2. The van der Waals surface area contributed by atoms with Crippen LogP contribution in [0.5, 0.6) is 0 Å². The van der Waals surface area contributed by atoms with Crippen molar-refractivity contribution in [1.82, 2.24) is 20.2 Å². The van der Waals surface area contributed by atoms with Crippen LogP contribution in [0.15, 0.2) is 48.7 Å². The van der Waals surface area contributed by atoms with Gasteiger partial charge >= 0.3 is 0 Å². The average Bonchev–Trinajstić information content (AvgIpc) is 3.13. The summed E-state index contributed by atoms with van der Waals surface area (Å²) in [6.07, 6.45) is 1.53. The van der Waals surface area contributed by atoms with Gasteiger partial charge in [0.2, 0.25) is 11.9 Å². The summed E-state index contributed by atoms with van der Waals surface area (Å²) in [5, 5.41) is 16.0. The molecule has 1 atom stereocenters. The highest BCUT2D eigenvalue weighted by Crippen LogP contribution is 2.31. The Balaban J connectivity index is 1.48. The standard InChI is InChI=1S/C25H26ClN5O3/c1-3-27-25-28-11-20(26)23(30-25)17-7-8-18-12-31(24(34)19(18)10-17)13-22(33)29-21(14-32)16-6-4-5-15(2)9-16/h4-11,21,32H,3,12-14H2,1-2H3,(H,29,33)(H,27,28,30)/t21-/m1/s1. The maximum absolute atomic E-state index is 13.1. The number of benzene rings is 2. The molecule has 4 rings (SSSR count). The fraction of sp³-hybridized carbons (Fsp3) is 0.280. The lowest BCUT2D eigenvalue weighted by atomic mass is 10.0. The summed E-state index contributed by atoms with van der Waals surface area (Å²) < 4.78 is 0. The molecule has 0 unspecified atom stereocenters. The van der Waals surface area contributed by atoms with Crippen LogP contribution < -0.4 is 10.6 Å². The predicted molar refractivity (Wildman–Crippen MR) is 131 cm³/mol. The molecule has 0 bridgehead atoms. The lowest BCUT2D eigenvalue weighted by molar-refractivity contribution is -0.122. The smallest absolute Gasteiger partial charge is 0.254 e. The SMILES string of the molecule is CCNc1ncc(Cl)c(-c2ccc3c(c2)C(=O)N(CC(=O)N[C@H](CO)c2cccc(C)c2)C3)n1. The van der Waals surface area contributed by atoms with Gasteiger partial charge in [0.05, 0.1) is 29.6 Å². The zero-order valence-corrected chi connectivity index (χ0v) is 19.8. The second kappa shape index (κ2) is 10.2. The zero-order chi connectivity index (χ0) is 24.2. The van der Waals surface area contributed by atoms with Crippen molar-refractivity contribution in [2.75, 3.05) is 25.0 Å². The van der Waals surface area contributed by atoms with Gasteiger partial charge in [-0.3, -0.25) is 9.59 Å². The molecular weight excluding hydrogens is 454 g/mol. The third-order valence-electron chi connectivity index (χ3n) is 5.64. The Bertz CT molecular complexity index is 1230. The highest BCUT2D eigenvalue weighted by molar-refractivity contribution is 6.33. The second-order valence-electron chi connectivity index (χ2n) is 8.17. The fourth-order valence-corrected chi connectivity index (χ4v) is 4.18. The number of hydrogen-bond acceptors (Lipinski definition) is 6. The van der Waals surface area contributed by atoms with Crippen LogP contribution in [-0.2, 0) is 11.3 Å². The van der Waals surface area contributed by atoms with Crippen LogP contribution in [0.4, 0.5) is 5.95 Å². The van der Waals surface area contributed by atoms with E-state index in [-0.39, 0.29) is 25.0 Å². The van der Waals surface area contributed by atoms with Crippen LogP contribution in [0, 0.1) is 6.92 Å². The first-order valence-corrected chi connectivity index (χ1v) is 11.4. The molecule has 1 aliphatic heterocycles. The summed E-state index contributed by atoms with van der Waals surface area (Å²) in [5.74, 6) is -0.115. The number of carbonyl (C=O) groups is 2. The Morgan fingerprint density at radius 2 is 2.09 bits per heavy atom. The summed E-state index contributed by atoms with van der Waals surface area (Å²) in [5.41, 5.74) is 4.43. The van der Waals surface area contributed by atoms with Crippen LogP contribution in [0.1, 0.15) is 40.0 Å². The van der Waals surface area contributed by atoms with E-state index in [0.29, 0.717) is 40.9 Å². The van der Waals surface area contributed by atoms with Gasteiger partial charge in [0.25, 0.3) is 5.91 Å². The largest absolute Gasteiger partial charge is 0.394 e. The number of amides is 2. The number of aliphatic hydroxyl groups excluding tert-OH is 1. The van der Waals surface area contributed by atoms with Gasteiger partial charge in [-0.05, 0) is 31.0 Å². The Hall–Kier alpha value is -3.49. The summed E-state index contributed by atoms with van der Waals surface area (Å²) in [4.78, 5) is 35.9. The number of rotatable bonds is 8. The first-order valence-electron chi connectivity index (χ1n) is 11.0. The number of halogens is 1. The summed E-state index contributed by atoms with van der Waals surface area (Å²) in [6.45, 7) is 4.55. The summed E-state index contributed by atoms with van der Waals surface area (Å²) in [7, 11) is 0. The number of aryl methyl sites for hydroxylation is 1. The topological polar surface area (TPSA) is 107 Å². The van der Waals surface area contributed by atoms with Crippen LogP contribution in [-0.4, -0.2) is 51.5 Å². The van der Waals surface area contributed by atoms with Gasteiger partial charge in [-0.25, -0.2) is 9.97 Å². The van der Waals surface area contributed by atoms with Crippen molar-refractivity contribution in [3.8, 4) is 11.3 Å². The highest BCUT2D eigenvalue weighted by Gasteiger charge is 2.30. The van der Waals surface area contributed by atoms with Gasteiger partial charge in [-0.15, -0.1) is 0 Å². The molecule has 8 nitrogen and oxygen atoms in total. The number of nitrogens with one attached hydrogen (secondary N) is 2. The molecule has 2 heterocycles. The molecule has 34 heavy (non-hydrogen) atoms. The zero-order valence-electron chi connectivity index (χ0n) is 19.0. The van der Waals surface area contributed by atoms with Gasteiger partial charge in [0.1, 0.15) is 6.54 Å². The molecule has 3 N–H and O–H groups in total. The van der Waals surface area contributed by atoms with Crippen molar-refractivity contribution in [2.45, 2.75) is 26.4 Å². The third-order valence-corrected chi connectivity index (χ3v) is 5.91. The van der Waals surface area contributed by atoms with E-state index in [1.807, 2.05) is 50.2 Å². The summed E-state index contributed by atoms with van der Waals surface area (Å²) >= 11 is 6.32. The highest BCUT2D eigenvalue weighted by atomic mass is 35.5. The van der Waals surface area contributed by atoms with Gasteiger partial charge in [0, 0.05) is 24.2 Å². The Kier molecular flexibility index (Phi) is 7.09. The molecule has 0 radical (unpaired) electrons. The van der Waals surface area contributed by atoms with Crippen molar-refractivity contribution in [3.05, 3.63) is 75.9 Å². The minimum Gasteiger partial charge on any atom is -0.394 e. The first kappa shape index (κ1) is 23.7. The second-order valence-corrected chi connectivity index (χ2v) is 8.58. The molecule has 0 saturated carbocycles. The van der Waals surface area contributed by atoms with E-state index in [9.17, 15) is 14.7 Å².